The fourth-order valence-electron chi connectivity index (χ4n) is 1.75. The summed E-state index contributed by atoms with van der Waals surface area (Å²) in [6.45, 7) is 5.57. The molecule has 1 aromatic heterocycles. The number of anilines is 1. The van der Waals surface area contributed by atoms with Gasteiger partial charge in [-0.2, -0.15) is 0 Å². The van der Waals surface area contributed by atoms with Crippen LogP contribution in [-0.2, 0) is 4.79 Å². The summed E-state index contributed by atoms with van der Waals surface area (Å²) in [5, 5.41) is 4.62. The highest BCUT2D eigenvalue weighted by Crippen LogP contribution is 2.19. The molecule has 0 radical (unpaired) electrons. The van der Waals surface area contributed by atoms with Crippen LogP contribution in [0.3, 0.4) is 0 Å². The number of carbonyl (C=O) groups is 2. The molecule has 0 saturated heterocycles. The van der Waals surface area contributed by atoms with Gasteiger partial charge in [-0.15, -0.1) is 11.3 Å². The highest BCUT2D eigenvalue weighted by molar-refractivity contribution is 7.14. The number of ketones is 1. The second-order valence-corrected chi connectivity index (χ2v) is 6.01. The molecule has 6 heteroatoms. The summed E-state index contributed by atoms with van der Waals surface area (Å²) < 4.78 is 5.43. The number of thiazole rings is 1. The normalized spacial score (nSPS) is 10.5. The van der Waals surface area contributed by atoms with Crippen molar-refractivity contribution < 1.29 is 14.3 Å². The van der Waals surface area contributed by atoms with E-state index < -0.39 is 0 Å². The maximum absolute atomic E-state index is 11.8. The van der Waals surface area contributed by atoms with E-state index in [0.717, 1.165) is 0 Å². The maximum Gasteiger partial charge on any atom is 0.264 e. The molecule has 2 aromatic rings. The third-order valence-corrected chi connectivity index (χ3v) is 3.79. The molecule has 1 N–H and O–H groups in total. The van der Waals surface area contributed by atoms with Crippen molar-refractivity contribution in [1.82, 2.24) is 4.98 Å². The predicted octanol–water partition coefficient (Wildman–Crippen LogP) is 3.49. The van der Waals surface area contributed by atoms with Crippen LogP contribution in [0.1, 0.15) is 42.7 Å². The van der Waals surface area contributed by atoms with E-state index >= 15 is 0 Å². The van der Waals surface area contributed by atoms with Gasteiger partial charge in [0.2, 0.25) is 0 Å². The molecule has 0 atom stereocenters. The van der Waals surface area contributed by atoms with Crippen LogP contribution in [0.25, 0.3) is 0 Å². The Morgan fingerprint density at radius 3 is 2.50 bits per heavy atom. The second-order valence-electron chi connectivity index (χ2n) is 5.15. The molecular formula is C16H18N2O3S. The lowest BCUT2D eigenvalue weighted by molar-refractivity contribution is -0.118. The van der Waals surface area contributed by atoms with Gasteiger partial charge in [0.25, 0.3) is 5.91 Å². The zero-order chi connectivity index (χ0) is 16.1. The minimum Gasteiger partial charge on any atom is -0.484 e. The van der Waals surface area contributed by atoms with E-state index in [9.17, 15) is 9.59 Å². The summed E-state index contributed by atoms with van der Waals surface area (Å²) in [5.74, 6) is 0.663. The highest BCUT2D eigenvalue weighted by atomic mass is 32.1. The highest BCUT2D eigenvalue weighted by Gasteiger charge is 2.09. The molecule has 0 aliphatic rings. The Morgan fingerprint density at radius 1 is 1.27 bits per heavy atom. The Morgan fingerprint density at radius 2 is 1.95 bits per heavy atom. The molecule has 116 valence electrons. The van der Waals surface area contributed by atoms with Crippen molar-refractivity contribution in [2.24, 2.45) is 0 Å². The number of hydrogen-bond acceptors (Lipinski definition) is 5. The van der Waals surface area contributed by atoms with Crippen LogP contribution in [0.15, 0.2) is 29.6 Å². The van der Waals surface area contributed by atoms with Crippen LogP contribution in [0.4, 0.5) is 5.13 Å². The maximum atomic E-state index is 11.8. The van der Waals surface area contributed by atoms with Crippen LogP contribution in [-0.4, -0.2) is 23.3 Å². The van der Waals surface area contributed by atoms with Crippen molar-refractivity contribution in [1.29, 1.82) is 0 Å². The minimum atomic E-state index is -0.308. The number of Topliss-reactive ketones (excluding diaryl/α,β-unsaturated/α-hetero) is 1. The Hall–Kier alpha value is -2.21. The number of aromatic nitrogens is 1. The Bertz CT molecular complexity index is 662. The molecule has 1 amide bonds. The molecule has 0 saturated carbocycles. The van der Waals surface area contributed by atoms with Crippen LogP contribution in [0, 0.1) is 0 Å². The molecule has 0 aliphatic heterocycles. The first kappa shape index (κ1) is 16.2. The lowest BCUT2D eigenvalue weighted by Gasteiger charge is -2.08. The molecule has 0 aliphatic carbocycles. The van der Waals surface area contributed by atoms with Crippen LogP contribution in [0.5, 0.6) is 5.75 Å². The summed E-state index contributed by atoms with van der Waals surface area (Å²) in [6.07, 6.45) is 0. The minimum absolute atomic E-state index is 0.101. The zero-order valence-corrected chi connectivity index (χ0v) is 13.6. The molecule has 0 spiro atoms. The fraction of sp³-hybridized carbons (Fsp3) is 0.312. The number of benzene rings is 1. The van der Waals surface area contributed by atoms with Crippen molar-refractivity contribution >= 4 is 28.2 Å². The van der Waals surface area contributed by atoms with Crippen molar-refractivity contribution in [3.63, 3.8) is 0 Å². The molecular weight excluding hydrogens is 300 g/mol. The van der Waals surface area contributed by atoms with Crippen LogP contribution < -0.4 is 10.1 Å². The second kappa shape index (κ2) is 7.17. The molecule has 5 nitrogen and oxygen atoms in total. The van der Waals surface area contributed by atoms with Gasteiger partial charge in [0.15, 0.2) is 17.5 Å². The van der Waals surface area contributed by atoms with E-state index in [1.165, 1.54) is 23.8 Å². The molecule has 0 fully saturated rings. The number of amides is 1. The Labute approximate surface area is 133 Å². The predicted molar refractivity (Wildman–Crippen MR) is 86.8 cm³/mol. The SMILES string of the molecule is CC(=O)c1csc(NC(=O)COc2ccc(C(C)C)cc2)n1. The Balaban J connectivity index is 1.85. The van der Waals surface area contributed by atoms with E-state index in [2.05, 4.69) is 24.1 Å². The molecule has 0 unspecified atom stereocenters. The van der Waals surface area contributed by atoms with E-state index in [-0.39, 0.29) is 18.3 Å². The number of rotatable bonds is 6. The topological polar surface area (TPSA) is 68.3 Å². The van der Waals surface area contributed by atoms with E-state index in [1.807, 2.05) is 24.3 Å². The molecule has 1 heterocycles. The number of ether oxygens (including phenoxy) is 1. The third kappa shape index (κ3) is 4.39. The number of carbonyl (C=O) groups excluding carboxylic acids is 2. The summed E-state index contributed by atoms with van der Waals surface area (Å²) in [6, 6.07) is 7.66. The molecule has 22 heavy (non-hydrogen) atoms. The number of nitrogens with one attached hydrogen (secondary N) is 1. The fourth-order valence-corrected chi connectivity index (χ4v) is 2.51. The van der Waals surface area contributed by atoms with Crippen molar-refractivity contribution in [3.8, 4) is 5.75 Å². The van der Waals surface area contributed by atoms with Gasteiger partial charge in [-0.05, 0) is 23.6 Å². The standard InChI is InChI=1S/C16H18N2O3S/c1-10(2)12-4-6-13(7-5-12)21-8-15(20)18-16-17-14(9-22-16)11(3)19/h4-7,9-10H,8H2,1-3H3,(H,17,18,20). The smallest absolute Gasteiger partial charge is 0.264 e. The van der Waals surface area contributed by atoms with Gasteiger partial charge in [-0.25, -0.2) is 4.98 Å². The van der Waals surface area contributed by atoms with Crippen molar-refractivity contribution in [2.45, 2.75) is 26.7 Å². The summed E-state index contributed by atoms with van der Waals surface area (Å²) in [5.41, 5.74) is 1.57. The summed E-state index contributed by atoms with van der Waals surface area (Å²) in [4.78, 5) is 26.9. The van der Waals surface area contributed by atoms with Crippen LogP contribution in [0.2, 0.25) is 0 Å². The average Bonchev–Trinajstić information content (AvgIpc) is 2.94. The molecule has 1 aromatic carbocycles. The van der Waals surface area contributed by atoms with E-state index in [1.54, 1.807) is 5.38 Å². The Kier molecular flexibility index (Phi) is 5.27. The van der Waals surface area contributed by atoms with E-state index in [0.29, 0.717) is 22.5 Å². The monoisotopic (exact) mass is 318 g/mol. The van der Waals surface area contributed by atoms with Gasteiger partial charge in [0, 0.05) is 12.3 Å². The average molecular weight is 318 g/mol. The quantitative estimate of drug-likeness (QED) is 0.828. The lowest BCUT2D eigenvalue weighted by atomic mass is 10.0. The van der Waals surface area contributed by atoms with Gasteiger partial charge < -0.3 is 4.74 Å². The summed E-state index contributed by atoms with van der Waals surface area (Å²) in [7, 11) is 0. The largest absolute Gasteiger partial charge is 0.484 e. The van der Waals surface area contributed by atoms with E-state index in [4.69, 9.17) is 4.74 Å². The first-order valence-corrected chi connectivity index (χ1v) is 7.82. The molecule has 2 rings (SSSR count). The number of hydrogen-bond donors (Lipinski definition) is 1. The molecule has 0 bridgehead atoms. The first-order chi connectivity index (χ1) is 10.5. The van der Waals surface area contributed by atoms with Gasteiger partial charge in [0.1, 0.15) is 11.4 Å². The third-order valence-electron chi connectivity index (χ3n) is 3.03. The number of nitrogens with zero attached hydrogens (tertiary/aromatic N) is 1. The lowest BCUT2D eigenvalue weighted by Crippen LogP contribution is -2.20. The first-order valence-electron chi connectivity index (χ1n) is 6.95. The van der Waals surface area contributed by atoms with Crippen LogP contribution >= 0.6 is 11.3 Å². The summed E-state index contributed by atoms with van der Waals surface area (Å²) >= 11 is 1.21. The van der Waals surface area contributed by atoms with Gasteiger partial charge in [-0.3, -0.25) is 14.9 Å². The van der Waals surface area contributed by atoms with Crippen molar-refractivity contribution in [3.05, 3.63) is 40.9 Å². The van der Waals surface area contributed by atoms with Gasteiger partial charge in [-0.1, -0.05) is 26.0 Å². The zero-order valence-electron chi connectivity index (χ0n) is 12.8. The van der Waals surface area contributed by atoms with Crippen molar-refractivity contribution in [2.75, 3.05) is 11.9 Å². The van der Waals surface area contributed by atoms with Gasteiger partial charge in [0.05, 0.1) is 0 Å². The van der Waals surface area contributed by atoms with Gasteiger partial charge >= 0.3 is 0 Å².